The highest BCUT2D eigenvalue weighted by Crippen LogP contribution is 2.20. The van der Waals surface area contributed by atoms with E-state index in [-0.39, 0.29) is 5.91 Å². The number of amides is 1. The number of nitrogens with one attached hydrogen (secondary N) is 3. The Labute approximate surface area is 167 Å². The first-order chi connectivity index (χ1) is 13.1. The second kappa shape index (κ2) is 12.0. The smallest absolute Gasteiger partial charge is 0.234 e. The average molecular weight is 394 g/mol. The molecule has 27 heavy (non-hydrogen) atoms. The number of thiophene rings is 1. The van der Waals surface area contributed by atoms with Crippen LogP contribution in [0.4, 0.5) is 0 Å². The van der Waals surface area contributed by atoms with E-state index < -0.39 is 0 Å². The van der Waals surface area contributed by atoms with Crippen LogP contribution in [0.1, 0.15) is 50.8 Å². The summed E-state index contributed by atoms with van der Waals surface area (Å²) in [5.74, 6) is 1.48. The zero-order valence-corrected chi connectivity index (χ0v) is 17.8. The van der Waals surface area contributed by atoms with Crippen molar-refractivity contribution in [2.75, 3.05) is 39.3 Å². The van der Waals surface area contributed by atoms with Crippen LogP contribution >= 0.6 is 11.3 Å². The lowest BCUT2D eigenvalue weighted by molar-refractivity contribution is -0.122. The standard InChI is InChI=1S/C20H35N5OS/c1-4-10-22-19(26)15-25-11-8-17(9-12-25)24-20(21-5-2)23-14-16(3)18-7-6-13-27-18/h6-7,13,16-17H,4-5,8-12,14-15H2,1-3H3,(H,22,26)(H2,21,23,24). The van der Waals surface area contributed by atoms with Crippen LogP contribution in [0.2, 0.25) is 0 Å². The van der Waals surface area contributed by atoms with Gasteiger partial charge in [0, 0.05) is 43.0 Å². The number of hydrogen-bond acceptors (Lipinski definition) is 4. The highest BCUT2D eigenvalue weighted by Gasteiger charge is 2.21. The topological polar surface area (TPSA) is 68.8 Å². The third-order valence-corrected chi connectivity index (χ3v) is 5.87. The van der Waals surface area contributed by atoms with E-state index in [0.717, 1.165) is 57.9 Å². The SMILES string of the molecule is CCCNC(=O)CN1CCC(NC(=NCC(C)c2cccs2)NCC)CC1. The number of rotatable bonds is 9. The molecule has 1 aliphatic heterocycles. The predicted octanol–water partition coefficient (Wildman–Crippen LogP) is 2.40. The summed E-state index contributed by atoms with van der Waals surface area (Å²) in [6.07, 6.45) is 3.05. The van der Waals surface area contributed by atoms with Gasteiger partial charge in [-0.25, -0.2) is 0 Å². The molecule has 1 unspecified atom stereocenters. The van der Waals surface area contributed by atoms with Crippen LogP contribution in [0.3, 0.4) is 0 Å². The van der Waals surface area contributed by atoms with Crippen molar-refractivity contribution in [2.24, 2.45) is 4.99 Å². The van der Waals surface area contributed by atoms with Crippen LogP contribution in [-0.2, 0) is 4.79 Å². The van der Waals surface area contributed by atoms with Gasteiger partial charge in [0.15, 0.2) is 5.96 Å². The molecule has 1 aromatic rings. The molecule has 0 aliphatic carbocycles. The van der Waals surface area contributed by atoms with E-state index in [1.165, 1.54) is 4.88 Å². The summed E-state index contributed by atoms with van der Waals surface area (Å²) in [4.78, 5) is 20.3. The zero-order chi connectivity index (χ0) is 19.5. The number of carbonyl (C=O) groups excluding carboxylic acids is 1. The molecular weight excluding hydrogens is 358 g/mol. The van der Waals surface area contributed by atoms with E-state index in [1.54, 1.807) is 11.3 Å². The van der Waals surface area contributed by atoms with E-state index in [4.69, 9.17) is 4.99 Å². The number of guanidine groups is 1. The average Bonchev–Trinajstić information content (AvgIpc) is 3.21. The number of carbonyl (C=O) groups is 1. The lowest BCUT2D eigenvalue weighted by atomic mass is 10.1. The third-order valence-electron chi connectivity index (χ3n) is 4.76. The van der Waals surface area contributed by atoms with Crippen molar-refractivity contribution in [3.05, 3.63) is 22.4 Å². The summed E-state index contributed by atoms with van der Waals surface area (Å²) < 4.78 is 0. The fraction of sp³-hybridized carbons (Fsp3) is 0.700. The fourth-order valence-corrected chi connectivity index (χ4v) is 3.94. The second-order valence-electron chi connectivity index (χ2n) is 7.18. The first-order valence-corrected chi connectivity index (χ1v) is 11.1. The van der Waals surface area contributed by atoms with Gasteiger partial charge in [-0.2, -0.15) is 0 Å². The first-order valence-electron chi connectivity index (χ1n) is 10.2. The Morgan fingerprint density at radius 2 is 2.11 bits per heavy atom. The predicted molar refractivity (Wildman–Crippen MR) is 115 cm³/mol. The van der Waals surface area contributed by atoms with Crippen molar-refractivity contribution < 1.29 is 4.79 Å². The first kappa shape index (κ1) is 21.7. The minimum absolute atomic E-state index is 0.140. The van der Waals surface area contributed by atoms with Crippen molar-refractivity contribution in [1.29, 1.82) is 0 Å². The number of nitrogens with zero attached hydrogens (tertiary/aromatic N) is 2. The molecule has 1 aliphatic rings. The monoisotopic (exact) mass is 393 g/mol. The van der Waals surface area contributed by atoms with Crippen LogP contribution in [-0.4, -0.2) is 62.1 Å². The summed E-state index contributed by atoms with van der Waals surface area (Å²) >= 11 is 1.79. The molecule has 2 rings (SSSR count). The molecular formula is C20H35N5OS. The summed E-state index contributed by atoms with van der Waals surface area (Å²) in [7, 11) is 0. The Morgan fingerprint density at radius 3 is 2.74 bits per heavy atom. The van der Waals surface area contributed by atoms with Crippen molar-refractivity contribution in [3.63, 3.8) is 0 Å². The molecule has 0 saturated carbocycles. The van der Waals surface area contributed by atoms with Crippen molar-refractivity contribution in [2.45, 2.75) is 52.0 Å². The molecule has 0 bridgehead atoms. The van der Waals surface area contributed by atoms with Gasteiger partial charge in [0.2, 0.25) is 5.91 Å². The highest BCUT2D eigenvalue weighted by atomic mass is 32.1. The van der Waals surface area contributed by atoms with Crippen LogP contribution in [0, 0.1) is 0 Å². The normalized spacial score (nSPS) is 17.5. The van der Waals surface area contributed by atoms with Gasteiger partial charge in [0.1, 0.15) is 0 Å². The van der Waals surface area contributed by atoms with Crippen LogP contribution in [0.25, 0.3) is 0 Å². The van der Waals surface area contributed by atoms with Gasteiger partial charge in [0.05, 0.1) is 13.1 Å². The Bertz CT molecular complexity index is 567. The molecule has 0 aromatic carbocycles. The molecule has 1 fully saturated rings. The Kier molecular flexibility index (Phi) is 9.62. The summed E-state index contributed by atoms with van der Waals surface area (Å²) in [6, 6.07) is 4.69. The van der Waals surface area contributed by atoms with Gasteiger partial charge in [-0.3, -0.25) is 14.7 Å². The van der Waals surface area contributed by atoms with E-state index in [1.807, 2.05) is 0 Å². The van der Waals surface area contributed by atoms with E-state index >= 15 is 0 Å². The van der Waals surface area contributed by atoms with Gasteiger partial charge in [0.25, 0.3) is 0 Å². The third kappa shape index (κ3) is 7.89. The van der Waals surface area contributed by atoms with E-state index in [2.05, 4.69) is 59.1 Å². The molecule has 1 aromatic heterocycles. The highest BCUT2D eigenvalue weighted by molar-refractivity contribution is 7.10. The van der Waals surface area contributed by atoms with Gasteiger partial charge in [-0.15, -0.1) is 11.3 Å². The quantitative estimate of drug-likeness (QED) is 0.445. The molecule has 1 atom stereocenters. The zero-order valence-electron chi connectivity index (χ0n) is 17.0. The number of likely N-dealkylation sites (tertiary alicyclic amines) is 1. The van der Waals surface area contributed by atoms with E-state index in [0.29, 0.717) is 18.5 Å². The molecule has 1 saturated heterocycles. The fourth-order valence-electron chi connectivity index (χ4n) is 3.16. The Hall–Kier alpha value is -1.60. The summed E-state index contributed by atoms with van der Waals surface area (Å²) in [5.41, 5.74) is 0. The second-order valence-corrected chi connectivity index (χ2v) is 8.16. The van der Waals surface area contributed by atoms with Crippen molar-refractivity contribution in [1.82, 2.24) is 20.9 Å². The molecule has 6 nitrogen and oxygen atoms in total. The Balaban J connectivity index is 1.76. The summed E-state index contributed by atoms with van der Waals surface area (Å²) in [6.45, 7) is 11.2. The largest absolute Gasteiger partial charge is 0.357 e. The molecule has 0 spiro atoms. The summed E-state index contributed by atoms with van der Waals surface area (Å²) in [5, 5.41) is 12.0. The van der Waals surface area contributed by atoms with Crippen LogP contribution < -0.4 is 16.0 Å². The minimum Gasteiger partial charge on any atom is -0.357 e. The Morgan fingerprint density at radius 1 is 1.33 bits per heavy atom. The van der Waals surface area contributed by atoms with Gasteiger partial charge < -0.3 is 16.0 Å². The molecule has 152 valence electrons. The molecule has 1 amide bonds. The van der Waals surface area contributed by atoms with Crippen molar-refractivity contribution in [3.8, 4) is 0 Å². The number of aliphatic imine (C=N–C) groups is 1. The van der Waals surface area contributed by atoms with Crippen LogP contribution in [0.15, 0.2) is 22.5 Å². The maximum absolute atomic E-state index is 11.9. The molecule has 0 radical (unpaired) electrons. The number of piperidine rings is 1. The lowest BCUT2D eigenvalue weighted by Gasteiger charge is -2.32. The maximum Gasteiger partial charge on any atom is 0.234 e. The number of hydrogen-bond donors (Lipinski definition) is 3. The van der Waals surface area contributed by atoms with Crippen LogP contribution in [0.5, 0.6) is 0 Å². The van der Waals surface area contributed by atoms with Gasteiger partial charge >= 0.3 is 0 Å². The van der Waals surface area contributed by atoms with Crippen molar-refractivity contribution >= 4 is 23.2 Å². The maximum atomic E-state index is 11.9. The minimum atomic E-state index is 0.140. The molecule has 7 heteroatoms. The van der Waals surface area contributed by atoms with Gasteiger partial charge in [-0.1, -0.05) is 19.9 Å². The van der Waals surface area contributed by atoms with E-state index in [9.17, 15) is 4.79 Å². The molecule has 2 heterocycles. The van der Waals surface area contributed by atoms with Gasteiger partial charge in [-0.05, 0) is 37.6 Å². The lowest BCUT2D eigenvalue weighted by Crippen LogP contribution is -2.50. The molecule has 3 N–H and O–H groups in total.